The lowest BCUT2D eigenvalue weighted by atomic mass is 10.1. The molecule has 0 bridgehead atoms. The van der Waals surface area contributed by atoms with Crippen molar-refractivity contribution in [2.24, 2.45) is 0 Å². The maximum atomic E-state index is 11.8. The monoisotopic (exact) mass is 360 g/mol. The summed E-state index contributed by atoms with van der Waals surface area (Å²) in [4.78, 5) is 16.5. The second kappa shape index (κ2) is 7.86. The van der Waals surface area contributed by atoms with E-state index in [0.29, 0.717) is 27.9 Å². The number of hydrogen-bond donors (Lipinski definition) is 2. The second-order valence-electron chi connectivity index (χ2n) is 5.08. The van der Waals surface area contributed by atoms with Crippen LogP contribution in [0.1, 0.15) is 21.0 Å². The average Bonchev–Trinajstić information content (AvgIpc) is 3.25. The fraction of sp³-hybridized carbons (Fsp3) is 0.250. The van der Waals surface area contributed by atoms with Gasteiger partial charge in [0.25, 0.3) is 5.91 Å². The highest BCUT2D eigenvalue weighted by Crippen LogP contribution is 2.25. The van der Waals surface area contributed by atoms with Gasteiger partial charge in [0.05, 0.1) is 17.9 Å². The van der Waals surface area contributed by atoms with Gasteiger partial charge in [0.1, 0.15) is 22.9 Å². The number of aliphatic hydroxyl groups excluding tert-OH is 1. The summed E-state index contributed by atoms with van der Waals surface area (Å²) in [6.07, 6.45) is 1.68. The molecule has 130 valence electrons. The molecule has 2 N–H and O–H groups in total. The van der Waals surface area contributed by atoms with Crippen molar-refractivity contribution in [3.8, 4) is 17.3 Å². The van der Waals surface area contributed by atoms with Crippen molar-refractivity contribution >= 4 is 17.4 Å². The van der Waals surface area contributed by atoms with E-state index in [4.69, 9.17) is 14.4 Å². The first kappa shape index (κ1) is 17.1. The van der Waals surface area contributed by atoms with Crippen LogP contribution in [0.3, 0.4) is 0 Å². The van der Waals surface area contributed by atoms with E-state index in [1.54, 1.807) is 19.2 Å². The number of aryl methyl sites for hydroxylation is 1. The Hall–Kier alpha value is -2.78. The van der Waals surface area contributed by atoms with Gasteiger partial charge in [-0.15, -0.1) is 0 Å². The molecular weight excluding hydrogens is 344 g/mol. The lowest BCUT2D eigenvalue weighted by Gasteiger charge is -2.03. The van der Waals surface area contributed by atoms with Gasteiger partial charge >= 0.3 is 0 Å². The molecular formula is C16H16N4O4S. The van der Waals surface area contributed by atoms with Gasteiger partial charge in [-0.05, 0) is 30.6 Å². The van der Waals surface area contributed by atoms with Gasteiger partial charge in [0.15, 0.2) is 0 Å². The molecule has 0 saturated carbocycles. The molecule has 0 spiro atoms. The maximum Gasteiger partial charge on any atom is 0.263 e. The summed E-state index contributed by atoms with van der Waals surface area (Å²) in [5.74, 6) is 0.681. The molecule has 8 nitrogen and oxygen atoms in total. The average molecular weight is 360 g/mol. The molecule has 0 radical (unpaired) electrons. The van der Waals surface area contributed by atoms with E-state index in [9.17, 15) is 4.79 Å². The highest BCUT2D eigenvalue weighted by Gasteiger charge is 2.17. The number of carbonyl (C=O) groups excluding carboxylic acids is 1. The molecule has 3 rings (SSSR count). The first-order valence-corrected chi connectivity index (χ1v) is 8.31. The molecule has 9 heteroatoms. The zero-order valence-electron chi connectivity index (χ0n) is 13.4. The Labute approximate surface area is 147 Å². The van der Waals surface area contributed by atoms with Crippen LogP contribution in [0.15, 0.2) is 35.0 Å². The zero-order chi connectivity index (χ0) is 17.6. The number of aliphatic hydroxyl groups is 1. The van der Waals surface area contributed by atoms with Crippen molar-refractivity contribution in [3.05, 3.63) is 46.7 Å². The summed E-state index contributed by atoms with van der Waals surface area (Å²) in [6, 6.07) is 7.09. The number of nitrogens with zero attached hydrogens (tertiary/aromatic N) is 3. The van der Waals surface area contributed by atoms with E-state index < -0.39 is 0 Å². The van der Waals surface area contributed by atoms with Crippen LogP contribution < -0.4 is 10.1 Å². The van der Waals surface area contributed by atoms with E-state index in [1.165, 1.54) is 0 Å². The van der Waals surface area contributed by atoms with Crippen molar-refractivity contribution in [3.63, 3.8) is 0 Å². The molecule has 3 aromatic rings. The van der Waals surface area contributed by atoms with E-state index >= 15 is 0 Å². The fourth-order valence-corrected chi connectivity index (χ4v) is 2.70. The summed E-state index contributed by atoms with van der Waals surface area (Å²) < 4.78 is 15.0. The van der Waals surface area contributed by atoms with Crippen molar-refractivity contribution in [1.82, 2.24) is 19.8 Å². The van der Waals surface area contributed by atoms with Gasteiger partial charge in [-0.1, -0.05) is 11.2 Å². The van der Waals surface area contributed by atoms with Crippen LogP contribution in [-0.2, 0) is 6.61 Å². The Morgan fingerprint density at radius 3 is 3.08 bits per heavy atom. The van der Waals surface area contributed by atoms with Crippen molar-refractivity contribution < 1.29 is 19.2 Å². The third kappa shape index (κ3) is 4.01. The molecule has 0 saturated heterocycles. The minimum atomic E-state index is -0.295. The van der Waals surface area contributed by atoms with Crippen LogP contribution in [0.25, 0.3) is 11.4 Å². The third-order valence-electron chi connectivity index (χ3n) is 3.37. The van der Waals surface area contributed by atoms with Gasteiger partial charge in [0.2, 0.25) is 5.88 Å². The summed E-state index contributed by atoms with van der Waals surface area (Å²) in [5, 5.41) is 15.3. The number of rotatable bonds is 7. The summed E-state index contributed by atoms with van der Waals surface area (Å²) in [6.45, 7) is 2.08. The lowest BCUT2D eigenvalue weighted by Crippen LogP contribution is -2.25. The Morgan fingerprint density at radius 2 is 2.32 bits per heavy atom. The normalized spacial score (nSPS) is 10.6. The summed E-state index contributed by atoms with van der Waals surface area (Å²) >= 11 is 1.03. The Morgan fingerprint density at radius 1 is 1.44 bits per heavy atom. The third-order valence-corrected chi connectivity index (χ3v) is 4.14. The van der Waals surface area contributed by atoms with E-state index in [0.717, 1.165) is 17.1 Å². The minimum absolute atomic E-state index is 0.114. The Bertz CT molecular complexity index is 847. The highest BCUT2D eigenvalue weighted by molar-refractivity contribution is 7.08. The van der Waals surface area contributed by atoms with E-state index in [1.807, 2.05) is 18.2 Å². The van der Waals surface area contributed by atoms with Gasteiger partial charge in [0, 0.05) is 18.8 Å². The summed E-state index contributed by atoms with van der Waals surface area (Å²) in [7, 11) is 0. The Kier molecular flexibility index (Phi) is 5.36. The number of hydrogen-bond acceptors (Lipinski definition) is 8. The zero-order valence-corrected chi connectivity index (χ0v) is 14.2. The molecule has 0 fully saturated rings. The molecule has 3 aromatic heterocycles. The molecule has 3 heterocycles. The van der Waals surface area contributed by atoms with Crippen LogP contribution in [0, 0.1) is 6.92 Å². The summed E-state index contributed by atoms with van der Waals surface area (Å²) in [5.41, 5.74) is 2.09. The fourth-order valence-electron chi connectivity index (χ4n) is 2.10. The molecule has 0 unspecified atom stereocenters. The van der Waals surface area contributed by atoms with Crippen molar-refractivity contribution in [2.75, 3.05) is 13.2 Å². The van der Waals surface area contributed by atoms with Crippen LogP contribution in [-0.4, -0.2) is 38.7 Å². The first-order chi connectivity index (χ1) is 12.2. The molecule has 0 atom stereocenters. The predicted molar refractivity (Wildman–Crippen MR) is 90.3 cm³/mol. The number of amides is 1. The van der Waals surface area contributed by atoms with Gasteiger partial charge in [-0.3, -0.25) is 9.78 Å². The second-order valence-corrected chi connectivity index (χ2v) is 5.88. The maximum absolute atomic E-state index is 11.8. The number of carbonyl (C=O) groups is 1. The molecule has 1 amide bonds. The minimum Gasteiger partial charge on any atom is -0.472 e. The number of pyridine rings is 1. The Balaban J connectivity index is 1.70. The van der Waals surface area contributed by atoms with Crippen LogP contribution >= 0.6 is 11.5 Å². The van der Waals surface area contributed by atoms with Gasteiger partial charge in [-0.2, -0.15) is 4.37 Å². The smallest absolute Gasteiger partial charge is 0.263 e. The molecule has 0 aromatic carbocycles. The topological polar surface area (TPSA) is 110 Å². The number of ether oxygens (including phenoxy) is 1. The van der Waals surface area contributed by atoms with Gasteiger partial charge in [-0.25, -0.2) is 0 Å². The highest BCUT2D eigenvalue weighted by atomic mass is 32.1. The van der Waals surface area contributed by atoms with E-state index in [-0.39, 0.29) is 25.7 Å². The van der Waals surface area contributed by atoms with E-state index in [2.05, 4.69) is 19.8 Å². The largest absolute Gasteiger partial charge is 0.472 e. The number of nitrogens with one attached hydrogen (secondary N) is 1. The van der Waals surface area contributed by atoms with Gasteiger partial charge < -0.3 is 19.7 Å². The van der Waals surface area contributed by atoms with Crippen LogP contribution in [0.5, 0.6) is 5.88 Å². The first-order valence-electron chi connectivity index (χ1n) is 7.54. The molecule has 0 aliphatic rings. The van der Waals surface area contributed by atoms with Crippen LogP contribution in [0.2, 0.25) is 0 Å². The van der Waals surface area contributed by atoms with Crippen molar-refractivity contribution in [2.45, 2.75) is 13.5 Å². The SMILES string of the molecule is Cc1onc(-c2ccccn2)c1COc1cc(C(=O)NCCO)sn1. The number of aromatic nitrogens is 3. The van der Waals surface area contributed by atoms with Crippen LogP contribution in [0.4, 0.5) is 0 Å². The predicted octanol–water partition coefficient (Wildman–Crippen LogP) is 1.80. The molecule has 0 aliphatic heterocycles. The standard InChI is InChI=1S/C16H16N4O4S/c1-10-11(15(19-24-10)12-4-2-3-5-17-12)9-23-14-8-13(25-20-14)16(22)18-6-7-21/h2-5,8,21H,6-7,9H2,1H3,(H,18,22). The van der Waals surface area contributed by atoms with Crippen molar-refractivity contribution in [1.29, 1.82) is 0 Å². The quantitative estimate of drug-likeness (QED) is 0.661. The lowest BCUT2D eigenvalue weighted by molar-refractivity contribution is 0.0948. The molecule has 25 heavy (non-hydrogen) atoms. The molecule has 0 aliphatic carbocycles.